The predicted molar refractivity (Wildman–Crippen MR) is 124 cm³/mol. The van der Waals surface area contributed by atoms with Gasteiger partial charge in [0.1, 0.15) is 16.4 Å². The minimum absolute atomic E-state index is 0.146. The van der Waals surface area contributed by atoms with Crippen molar-refractivity contribution in [3.63, 3.8) is 0 Å². The number of carbonyl (C=O) groups excluding carboxylic acids is 1. The summed E-state index contributed by atoms with van der Waals surface area (Å²) in [6, 6.07) is 7.80. The summed E-state index contributed by atoms with van der Waals surface area (Å²) in [6.07, 6.45) is 1.42. The molecule has 0 radical (unpaired) electrons. The maximum atomic E-state index is 13.2. The lowest BCUT2D eigenvalue weighted by Gasteiger charge is -2.06. The molecule has 0 unspecified atom stereocenters. The Kier molecular flexibility index (Phi) is 5.81. The smallest absolute Gasteiger partial charge is 0.263 e. The number of rotatable bonds is 5. The van der Waals surface area contributed by atoms with Crippen LogP contribution in [0.3, 0.4) is 0 Å². The minimum Gasteiger partial charge on any atom is -0.299 e. The van der Waals surface area contributed by atoms with E-state index in [-0.39, 0.29) is 23.9 Å². The van der Waals surface area contributed by atoms with Gasteiger partial charge in [0.25, 0.3) is 5.56 Å². The number of aryl methyl sites for hydroxylation is 1. The van der Waals surface area contributed by atoms with Crippen LogP contribution in [-0.4, -0.2) is 25.7 Å². The Morgan fingerprint density at radius 2 is 1.93 bits per heavy atom. The van der Waals surface area contributed by atoms with E-state index in [1.807, 2.05) is 45.0 Å². The average Bonchev–Trinajstić information content (AvgIpc) is 3.29. The summed E-state index contributed by atoms with van der Waals surface area (Å²) in [4.78, 5) is 31.8. The van der Waals surface area contributed by atoms with Crippen LogP contribution in [0.1, 0.15) is 29.7 Å². The number of hydrogen-bond acceptors (Lipinski definition) is 7. The maximum absolute atomic E-state index is 13.2. The van der Waals surface area contributed by atoms with Crippen molar-refractivity contribution < 1.29 is 4.79 Å². The van der Waals surface area contributed by atoms with Gasteiger partial charge in [-0.25, -0.2) is 4.98 Å². The number of nitrogens with one attached hydrogen (secondary N) is 1. The van der Waals surface area contributed by atoms with Gasteiger partial charge in [0.2, 0.25) is 11.0 Å². The molecule has 4 rings (SSSR count). The zero-order valence-electron chi connectivity index (χ0n) is 16.5. The van der Waals surface area contributed by atoms with Crippen LogP contribution in [0.15, 0.2) is 39.9 Å². The molecule has 0 atom stereocenters. The number of fused-ring (bicyclic) bond motifs is 1. The fourth-order valence-corrected chi connectivity index (χ4v) is 5.08. The van der Waals surface area contributed by atoms with E-state index in [0.29, 0.717) is 15.3 Å². The minimum atomic E-state index is -0.346. The molecule has 0 aliphatic carbocycles. The van der Waals surface area contributed by atoms with Gasteiger partial charge in [-0.2, -0.15) is 0 Å². The molecule has 1 amide bonds. The van der Waals surface area contributed by atoms with Crippen LogP contribution in [0.4, 0.5) is 5.13 Å². The molecule has 0 fully saturated rings. The highest BCUT2D eigenvalue weighted by atomic mass is 79.9. The third kappa shape index (κ3) is 4.07. The molecule has 4 aromatic rings. The van der Waals surface area contributed by atoms with Crippen molar-refractivity contribution in [2.45, 2.75) is 33.2 Å². The summed E-state index contributed by atoms with van der Waals surface area (Å²) in [6.45, 7) is 5.85. The fourth-order valence-electron chi connectivity index (χ4n) is 3.05. The van der Waals surface area contributed by atoms with Gasteiger partial charge in [-0.15, -0.1) is 21.5 Å². The van der Waals surface area contributed by atoms with E-state index in [1.54, 1.807) is 0 Å². The third-order valence-electron chi connectivity index (χ3n) is 4.48. The number of anilines is 1. The summed E-state index contributed by atoms with van der Waals surface area (Å²) < 4.78 is 2.30. The van der Waals surface area contributed by atoms with Crippen LogP contribution in [0.25, 0.3) is 21.3 Å². The van der Waals surface area contributed by atoms with Crippen LogP contribution in [0.2, 0.25) is 0 Å². The van der Waals surface area contributed by atoms with Gasteiger partial charge in [0, 0.05) is 20.8 Å². The molecule has 30 heavy (non-hydrogen) atoms. The van der Waals surface area contributed by atoms with E-state index in [4.69, 9.17) is 0 Å². The Hall–Kier alpha value is -2.43. The molecule has 1 aromatic carbocycles. The Morgan fingerprint density at radius 3 is 2.60 bits per heavy atom. The molecule has 154 valence electrons. The molecule has 7 nitrogen and oxygen atoms in total. The fraction of sp³-hybridized carbons (Fsp3) is 0.250. The Labute approximate surface area is 188 Å². The topological polar surface area (TPSA) is 89.8 Å². The summed E-state index contributed by atoms with van der Waals surface area (Å²) >= 11 is 6.24. The van der Waals surface area contributed by atoms with Gasteiger partial charge in [-0.3, -0.25) is 19.5 Å². The molecule has 3 aromatic heterocycles. The van der Waals surface area contributed by atoms with Crippen LogP contribution < -0.4 is 10.9 Å². The lowest BCUT2D eigenvalue weighted by molar-refractivity contribution is -0.116. The monoisotopic (exact) mass is 503 g/mol. The average molecular weight is 504 g/mol. The first kappa shape index (κ1) is 20.8. The van der Waals surface area contributed by atoms with Gasteiger partial charge in [-0.05, 0) is 24.6 Å². The number of halogens is 1. The van der Waals surface area contributed by atoms with E-state index >= 15 is 0 Å². The normalized spacial score (nSPS) is 11.4. The highest BCUT2D eigenvalue weighted by Crippen LogP contribution is 2.35. The number of carbonyl (C=O) groups is 1. The zero-order chi connectivity index (χ0) is 21.4. The molecule has 0 saturated carbocycles. The van der Waals surface area contributed by atoms with E-state index in [0.717, 1.165) is 25.5 Å². The molecule has 0 saturated heterocycles. The second-order valence-corrected chi connectivity index (χ2v) is 10.2. The van der Waals surface area contributed by atoms with Gasteiger partial charge >= 0.3 is 0 Å². The van der Waals surface area contributed by atoms with Crippen molar-refractivity contribution >= 4 is 59.9 Å². The van der Waals surface area contributed by atoms with Crippen molar-refractivity contribution in [2.75, 3.05) is 5.32 Å². The quantitative estimate of drug-likeness (QED) is 0.422. The Morgan fingerprint density at radius 1 is 1.20 bits per heavy atom. The summed E-state index contributed by atoms with van der Waals surface area (Å²) in [5.74, 6) is -0.108. The van der Waals surface area contributed by atoms with Crippen molar-refractivity contribution in [1.29, 1.82) is 0 Å². The Balaban J connectivity index is 1.66. The number of hydrogen-bond donors (Lipinski definition) is 1. The van der Waals surface area contributed by atoms with Crippen molar-refractivity contribution in [1.82, 2.24) is 19.7 Å². The number of nitrogens with zero attached hydrogens (tertiary/aromatic N) is 4. The van der Waals surface area contributed by atoms with Gasteiger partial charge in [-0.1, -0.05) is 53.2 Å². The van der Waals surface area contributed by atoms with Crippen LogP contribution >= 0.6 is 38.6 Å². The van der Waals surface area contributed by atoms with Gasteiger partial charge in [0.15, 0.2) is 0 Å². The molecule has 3 heterocycles. The second kappa shape index (κ2) is 8.37. The van der Waals surface area contributed by atoms with E-state index in [1.165, 1.54) is 33.6 Å². The molecule has 0 spiro atoms. The number of amides is 1. The first-order valence-electron chi connectivity index (χ1n) is 9.21. The van der Waals surface area contributed by atoms with Crippen LogP contribution in [0.5, 0.6) is 0 Å². The van der Waals surface area contributed by atoms with Crippen molar-refractivity contribution in [2.24, 2.45) is 0 Å². The van der Waals surface area contributed by atoms with Crippen LogP contribution in [-0.2, 0) is 11.3 Å². The lowest BCUT2D eigenvalue weighted by atomic mass is 10.0. The van der Waals surface area contributed by atoms with E-state index < -0.39 is 0 Å². The first-order valence-corrected chi connectivity index (χ1v) is 11.6. The van der Waals surface area contributed by atoms with Gasteiger partial charge < -0.3 is 0 Å². The molecule has 0 aliphatic heterocycles. The molecule has 10 heteroatoms. The first-order chi connectivity index (χ1) is 14.3. The second-order valence-electron chi connectivity index (χ2n) is 7.05. The summed E-state index contributed by atoms with van der Waals surface area (Å²) in [5, 5.41) is 12.6. The van der Waals surface area contributed by atoms with E-state index in [9.17, 15) is 9.59 Å². The standard InChI is InChI=1S/C20H18BrN5O2S2/c1-10(2)17-24-25-20(30-17)23-14(27)8-26-9-22-18-16(19(26)28)15(11(3)29-18)12-4-6-13(21)7-5-12/h4-7,9-10H,8H2,1-3H3,(H,23,25,27). The van der Waals surface area contributed by atoms with Crippen molar-refractivity contribution in [3.05, 3.63) is 55.3 Å². The molecular formula is C20H18BrN5O2S2. The molecular weight excluding hydrogens is 486 g/mol. The molecule has 0 aliphatic rings. The number of aromatic nitrogens is 4. The van der Waals surface area contributed by atoms with Gasteiger partial charge in [0.05, 0.1) is 11.7 Å². The Bertz CT molecular complexity index is 1290. The van der Waals surface area contributed by atoms with E-state index in [2.05, 4.69) is 36.4 Å². The predicted octanol–water partition coefficient (Wildman–Crippen LogP) is 4.81. The largest absolute Gasteiger partial charge is 0.299 e. The lowest BCUT2D eigenvalue weighted by Crippen LogP contribution is -2.27. The highest BCUT2D eigenvalue weighted by Gasteiger charge is 2.18. The molecule has 0 bridgehead atoms. The maximum Gasteiger partial charge on any atom is 0.263 e. The number of benzene rings is 1. The third-order valence-corrected chi connectivity index (χ3v) is 7.16. The van der Waals surface area contributed by atoms with Crippen molar-refractivity contribution in [3.8, 4) is 11.1 Å². The van der Waals surface area contributed by atoms with Crippen LogP contribution in [0, 0.1) is 6.92 Å². The summed E-state index contributed by atoms with van der Waals surface area (Å²) in [7, 11) is 0. The zero-order valence-corrected chi connectivity index (χ0v) is 19.7. The SMILES string of the molecule is Cc1sc2ncn(CC(=O)Nc3nnc(C(C)C)s3)c(=O)c2c1-c1ccc(Br)cc1. The molecule has 1 N–H and O–H groups in total. The highest BCUT2D eigenvalue weighted by molar-refractivity contribution is 9.10. The summed E-state index contributed by atoms with van der Waals surface area (Å²) in [5.41, 5.74) is 1.57. The number of thiophene rings is 1.